The highest BCUT2D eigenvalue weighted by atomic mass is 32.1. The number of thiocarbonyl (C=S) groups is 1. The summed E-state index contributed by atoms with van der Waals surface area (Å²) in [7, 11) is 0. The Bertz CT molecular complexity index is 1280. The Hall–Kier alpha value is -3.58. The highest BCUT2D eigenvalue weighted by Gasteiger charge is 2.14. The van der Waals surface area contributed by atoms with Crippen molar-refractivity contribution in [2.45, 2.75) is 13.8 Å². The third-order valence-electron chi connectivity index (χ3n) is 4.60. The number of aromatic nitrogens is 1. The lowest BCUT2D eigenvalue weighted by molar-refractivity contribution is 0.0974. The molecule has 5 nitrogen and oxygen atoms in total. The molecule has 0 unspecified atom stereocenters. The molecule has 0 atom stereocenters. The van der Waals surface area contributed by atoms with Gasteiger partial charge in [-0.2, -0.15) is 0 Å². The number of benzene rings is 3. The minimum atomic E-state index is -0.620. The molecule has 30 heavy (non-hydrogen) atoms. The van der Waals surface area contributed by atoms with E-state index in [-0.39, 0.29) is 10.7 Å². The molecule has 7 heteroatoms. The van der Waals surface area contributed by atoms with Gasteiger partial charge in [-0.3, -0.25) is 10.1 Å². The van der Waals surface area contributed by atoms with E-state index in [2.05, 4.69) is 21.7 Å². The predicted molar refractivity (Wildman–Crippen MR) is 119 cm³/mol. The number of anilines is 1. The summed E-state index contributed by atoms with van der Waals surface area (Å²) in [6.45, 7) is 4.05. The molecule has 3 aromatic carbocycles. The number of fused-ring (bicyclic) bond motifs is 1. The zero-order valence-electron chi connectivity index (χ0n) is 16.3. The van der Waals surface area contributed by atoms with Crippen LogP contribution >= 0.6 is 12.2 Å². The van der Waals surface area contributed by atoms with Crippen LogP contribution in [0.5, 0.6) is 0 Å². The van der Waals surface area contributed by atoms with Gasteiger partial charge >= 0.3 is 0 Å². The molecule has 2 N–H and O–H groups in total. The highest BCUT2D eigenvalue weighted by Crippen LogP contribution is 2.28. The lowest BCUT2D eigenvalue weighted by Crippen LogP contribution is -2.34. The van der Waals surface area contributed by atoms with Crippen molar-refractivity contribution < 1.29 is 13.6 Å². The van der Waals surface area contributed by atoms with Gasteiger partial charge in [0.2, 0.25) is 5.89 Å². The minimum absolute atomic E-state index is 0.0562. The second-order valence-electron chi connectivity index (χ2n) is 6.91. The summed E-state index contributed by atoms with van der Waals surface area (Å²) in [5, 5.41) is 5.45. The van der Waals surface area contributed by atoms with Gasteiger partial charge in [0, 0.05) is 11.3 Å². The summed E-state index contributed by atoms with van der Waals surface area (Å²) in [5.74, 6) is -0.693. The van der Waals surface area contributed by atoms with Crippen LogP contribution in [0.2, 0.25) is 0 Å². The number of amides is 1. The maximum absolute atomic E-state index is 13.7. The Morgan fingerprint density at radius 2 is 1.87 bits per heavy atom. The van der Waals surface area contributed by atoms with Gasteiger partial charge in [0.1, 0.15) is 11.3 Å². The van der Waals surface area contributed by atoms with Crippen molar-refractivity contribution in [1.29, 1.82) is 0 Å². The fraction of sp³-hybridized carbons (Fsp3) is 0.0870. The fourth-order valence-corrected chi connectivity index (χ4v) is 3.36. The number of nitrogens with one attached hydrogen (secondary N) is 2. The molecule has 1 aromatic heterocycles. The van der Waals surface area contributed by atoms with E-state index >= 15 is 0 Å². The van der Waals surface area contributed by atoms with Gasteiger partial charge in [0.15, 0.2) is 10.7 Å². The van der Waals surface area contributed by atoms with Crippen LogP contribution in [0.3, 0.4) is 0 Å². The first-order valence-corrected chi connectivity index (χ1v) is 9.66. The lowest BCUT2D eigenvalue weighted by Gasteiger charge is -2.09. The van der Waals surface area contributed by atoms with Crippen molar-refractivity contribution in [2.24, 2.45) is 0 Å². The van der Waals surface area contributed by atoms with Gasteiger partial charge in [0.25, 0.3) is 5.91 Å². The van der Waals surface area contributed by atoms with Crippen molar-refractivity contribution >= 4 is 40.0 Å². The van der Waals surface area contributed by atoms with Crippen LogP contribution < -0.4 is 10.6 Å². The van der Waals surface area contributed by atoms with E-state index in [1.807, 2.05) is 26.0 Å². The first-order valence-electron chi connectivity index (χ1n) is 9.26. The van der Waals surface area contributed by atoms with Crippen molar-refractivity contribution in [2.75, 3.05) is 5.32 Å². The van der Waals surface area contributed by atoms with Crippen LogP contribution in [-0.2, 0) is 0 Å². The van der Waals surface area contributed by atoms with Gasteiger partial charge in [-0.05, 0) is 68.0 Å². The molecule has 0 aliphatic heterocycles. The molecule has 0 aliphatic carbocycles. The van der Waals surface area contributed by atoms with Gasteiger partial charge < -0.3 is 9.73 Å². The maximum atomic E-state index is 13.7. The Morgan fingerprint density at radius 1 is 1.07 bits per heavy atom. The van der Waals surface area contributed by atoms with Crippen LogP contribution in [0.25, 0.3) is 22.6 Å². The van der Waals surface area contributed by atoms with Gasteiger partial charge in [0.05, 0.1) is 5.56 Å². The van der Waals surface area contributed by atoms with Gasteiger partial charge in [-0.1, -0.05) is 29.8 Å². The first kappa shape index (κ1) is 19.7. The van der Waals surface area contributed by atoms with Crippen molar-refractivity contribution in [3.63, 3.8) is 0 Å². The maximum Gasteiger partial charge on any atom is 0.260 e. The van der Waals surface area contributed by atoms with E-state index in [9.17, 15) is 9.18 Å². The molecule has 0 bridgehead atoms. The van der Waals surface area contributed by atoms with E-state index in [0.29, 0.717) is 22.7 Å². The largest absolute Gasteiger partial charge is 0.436 e. The third kappa shape index (κ3) is 4.06. The Labute approximate surface area is 177 Å². The molecule has 0 radical (unpaired) electrons. The van der Waals surface area contributed by atoms with Gasteiger partial charge in [-0.15, -0.1) is 0 Å². The number of carbonyl (C=O) groups excluding carboxylic acids is 1. The van der Waals surface area contributed by atoms with Crippen LogP contribution in [-0.4, -0.2) is 16.0 Å². The number of hydrogen-bond donors (Lipinski definition) is 2. The summed E-state index contributed by atoms with van der Waals surface area (Å²) in [5.41, 5.74) is 5.02. The fourth-order valence-electron chi connectivity index (χ4n) is 3.15. The second-order valence-corrected chi connectivity index (χ2v) is 7.32. The van der Waals surface area contributed by atoms with E-state index in [4.69, 9.17) is 16.6 Å². The van der Waals surface area contributed by atoms with E-state index in [0.717, 1.165) is 11.1 Å². The molecule has 0 aliphatic rings. The average molecular weight is 419 g/mol. The molecule has 0 saturated carbocycles. The molecular weight excluding hydrogens is 401 g/mol. The summed E-state index contributed by atoms with van der Waals surface area (Å²) in [4.78, 5) is 16.8. The monoisotopic (exact) mass is 419 g/mol. The predicted octanol–water partition coefficient (Wildman–Crippen LogP) is 5.38. The average Bonchev–Trinajstić information content (AvgIpc) is 3.11. The summed E-state index contributed by atoms with van der Waals surface area (Å²) in [6, 6.07) is 17.1. The van der Waals surface area contributed by atoms with E-state index in [1.165, 1.54) is 23.8 Å². The number of rotatable bonds is 3. The quantitative estimate of drug-likeness (QED) is 0.437. The van der Waals surface area contributed by atoms with E-state index < -0.39 is 11.7 Å². The lowest BCUT2D eigenvalue weighted by atomic mass is 10.1. The zero-order chi connectivity index (χ0) is 21.3. The molecule has 0 spiro atoms. The topological polar surface area (TPSA) is 67.2 Å². The first-order chi connectivity index (χ1) is 14.4. The second kappa shape index (κ2) is 8.04. The summed E-state index contributed by atoms with van der Waals surface area (Å²) >= 11 is 5.18. The normalized spacial score (nSPS) is 10.8. The van der Waals surface area contributed by atoms with Crippen LogP contribution in [0.4, 0.5) is 10.1 Å². The molecular formula is C23H18FN3O2S. The number of carbonyl (C=O) groups is 1. The Morgan fingerprint density at radius 3 is 2.63 bits per heavy atom. The van der Waals surface area contributed by atoms with Crippen molar-refractivity contribution in [3.8, 4) is 11.5 Å². The number of oxazole rings is 1. The Balaban J connectivity index is 1.52. The highest BCUT2D eigenvalue weighted by molar-refractivity contribution is 7.80. The van der Waals surface area contributed by atoms with Crippen LogP contribution in [0.1, 0.15) is 21.5 Å². The standard InChI is InChI=1S/C23H18FN3O2S/c1-13-7-9-16(14(2)11-13)22-26-19-12-15(8-10-20(19)29-22)25-23(30)27-21(28)17-5-3-4-6-18(17)24/h3-12H,1-2H3,(H2,25,27,28,30). The van der Waals surface area contributed by atoms with Gasteiger partial charge in [-0.25, -0.2) is 9.37 Å². The molecule has 4 rings (SSSR count). The molecule has 0 fully saturated rings. The number of nitrogens with zero attached hydrogens (tertiary/aromatic N) is 1. The van der Waals surface area contributed by atoms with Crippen molar-refractivity contribution in [1.82, 2.24) is 10.3 Å². The smallest absolute Gasteiger partial charge is 0.260 e. The van der Waals surface area contributed by atoms with Crippen molar-refractivity contribution in [3.05, 3.63) is 83.2 Å². The number of hydrogen-bond acceptors (Lipinski definition) is 4. The number of halogens is 1. The molecule has 4 aromatic rings. The summed E-state index contributed by atoms with van der Waals surface area (Å²) in [6.07, 6.45) is 0. The Kier molecular flexibility index (Phi) is 5.29. The number of aryl methyl sites for hydroxylation is 2. The zero-order valence-corrected chi connectivity index (χ0v) is 17.1. The summed E-state index contributed by atoms with van der Waals surface area (Å²) < 4.78 is 19.6. The van der Waals surface area contributed by atoms with E-state index in [1.54, 1.807) is 24.3 Å². The molecule has 0 saturated heterocycles. The molecule has 150 valence electrons. The van der Waals surface area contributed by atoms with Crippen LogP contribution in [0.15, 0.2) is 65.1 Å². The van der Waals surface area contributed by atoms with Crippen LogP contribution in [0, 0.1) is 19.7 Å². The molecule has 1 amide bonds. The molecule has 1 heterocycles. The SMILES string of the molecule is Cc1ccc(-c2nc3cc(NC(=S)NC(=O)c4ccccc4F)ccc3o2)c(C)c1. The third-order valence-corrected chi connectivity index (χ3v) is 4.81. The minimum Gasteiger partial charge on any atom is -0.436 e.